The van der Waals surface area contributed by atoms with Crippen LogP contribution >= 0.6 is 11.6 Å². The third-order valence-corrected chi connectivity index (χ3v) is 2.68. The second-order valence-electron chi connectivity index (χ2n) is 4.53. The molecule has 6 nitrogen and oxygen atoms in total. The Morgan fingerprint density at radius 2 is 2.11 bits per heavy atom. The molecule has 0 fully saturated rings. The Morgan fingerprint density at radius 1 is 1.47 bits per heavy atom. The molecule has 0 aromatic heterocycles. The second-order valence-corrected chi connectivity index (χ2v) is 4.97. The number of esters is 1. The maximum absolute atomic E-state index is 11.5. The Labute approximate surface area is 115 Å². The molecular weight excluding hydrogens is 274 g/mol. The van der Waals surface area contributed by atoms with Crippen molar-refractivity contribution in [1.29, 1.82) is 0 Å². The summed E-state index contributed by atoms with van der Waals surface area (Å²) in [7, 11) is 1.27. The predicted octanol–water partition coefficient (Wildman–Crippen LogP) is 2.83. The van der Waals surface area contributed by atoms with E-state index in [2.05, 4.69) is 4.74 Å². The number of benzene rings is 1. The van der Waals surface area contributed by atoms with Crippen molar-refractivity contribution in [2.45, 2.75) is 13.8 Å². The molecule has 0 aliphatic heterocycles. The zero-order valence-electron chi connectivity index (χ0n) is 10.8. The molecule has 0 saturated heterocycles. The minimum absolute atomic E-state index is 0.0227. The van der Waals surface area contributed by atoms with Crippen molar-refractivity contribution in [2.75, 3.05) is 13.7 Å². The van der Waals surface area contributed by atoms with Crippen molar-refractivity contribution in [1.82, 2.24) is 0 Å². The number of nitro groups is 1. The highest BCUT2D eigenvalue weighted by atomic mass is 35.5. The lowest BCUT2D eigenvalue weighted by Gasteiger charge is -2.21. The van der Waals surface area contributed by atoms with Gasteiger partial charge in [-0.2, -0.15) is 0 Å². The average Bonchev–Trinajstić information content (AvgIpc) is 2.35. The summed E-state index contributed by atoms with van der Waals surface area (Å²) in [5, 5.41) is 11.2. The molecule has 0 N–H and O–H groups in total. The van der Waals surface area contributed by atoms with Crippen LogP contribution in [0.2, 0.25) is 5.02 Å². The molecule has 0 amide bonds. The van der Waals surface area contributed by atoms with Gasteiger partial charge < -0.3 is 9.47 Å². The molecule has 0 saturated carbocycles. The van der Waals surface area contributed by atoms with Gasteiger partial charge in [0, 0.05) is 17.2 Å². The van der Waals surface area contributed by atoms with Crippen molar-refractivity contribution >= 4 is 23.3 Å². The van der Waals surface area contributed by atoms with Crippen LogP contribution in [0.25, 0.3) is 0 Å². The summed E-state index contributed by atoms with van der Waals surface area (Å²) in [6, 6.07) is 3.99. The van der Waals surface area contributed by atoms with E-state index in [0.717, 1.165) is 0 Å². The smallest absolute Gasteiger partial charge is 0.314 e. The standard InChI is InChI=1S/C12H14ClNO5/c1-12(2,11(15)18-3)7-19-10-6-8(13)4-5-9(10)14(16)17/h4-6H,7H2,1-3H3. The summed E-state index contributed by atoms with van der Waals surface area (Å²) < 4.78 is 9.97. The molecule has 0 aliphatic rings. The van der Waals surface area contributed by atoms with Crippen molar-refractivity contribution in [3.05, 3.63) is 33.3 Å². The largest absolute Gasteiger partial charge is 0.486 e. The monoisotopic (exact) mass is 287 g/mol. The lowest BCUT2D eigenvalue weighted by Crippen LogP contribution is -2.32. The highest BCUT2D eigenvalue weighted by molar-refractivity contribution is 6.30. The molecule has 0 unspecified atom stereocenters. The van der Waals surface area contributed by atoms with Crippen LogP contribution in [-0.2, 0) is 9.53 Å². The molecule has 0 radical (unpaired) electrons. The summed E-state index contributed by atoms with van der Waals surface area (Å²) in [6.07, 6.45) is 0. The molecule has 0 aliphatic carbocycles. The Morgan fingerprint density at radius 3 is 2.63 bits per heavy atom. The Balaban J connectivity index is 2.91. The molecule has 1 aromatic carbocycles. The molecule has 1 aromatic rings. The number of ether oxygens (including phenoxy) is 2. The van der Waals surface area contributed by atoms with Crippen LogP contribution in [0.3, 0.4) is 0 Å². The van der Waals surface area contributed by atoms with E-state index < -0.39 is 16.3 Å². The van der Waals surface area contributed by atoms with E-state index in [0.29, 0.717) is 5.02 Å². The first-order valence-corrected chi connectivity index (χ1v) is 5.81. The highest BCUT2D eigenvalue weighted by Gasteiger charge is 2.30. The highest BCUT2D eigenvalue weighted by Crippen LogP contribution is 2.31. The van der Waals surface area contributed by atoms with Gasteiger partial charge in [0.05, 0.1) is 17.4 Å². The van der Waals surface area contributed by atoms with Gasteiger partial charge in [0.1, 0.15) is 6.61 Å². The first-order chi connectivity index (χ1) is 8.77. The summed E-state index contributed by atoms with van der Waals surface area (Å²) in [6.45, 7) is 3.19. The molecule has 0 spiro atoms. The third-order valence-electron chi connectivity index (χ3n) is 2.45. The van der Waals surface area contributed by atoms with E-state index in [1.165, 1.54) is 25.3 Å². The fourth-order valence-corrected chi connectivity index (χ4v) is 1.51. The van der Waals surface area contributed by atoms with E-state index >= 15 is 0 Å². The average molecular weight is 288 g/mol. The molecule has 7 heteroatoms. The number of carbonyl (C=O) groups excluding carboxylic acids is 1. The maximum atomic E-state index is 11.5. The van der Waals surface area contributed by atoms with Gasteiger partial charge in [-0.25, -0.2) is 0 Å². The molecule has 19 heavy (non-hydrogen) atoms. The van der Waals surface area contributed by atoms with Crippen LogP contribution in [-0.4, -0.2) is 24.6 Å². The van der Waals surface area contributed by atoms with Crippen molar-refractivity contribution in [3.63, 3.8) is 0 Å². The lowest BCUT2D eigenvalue weighted by atomic mass is 9.95. The van der Waals surface area contributed by atoms with E-state index in [1.807, 2.05) is 0 Å². The minimum Gasteiger partial charge on any atom is -0.486 e. The molecule has 1 rings (SSSR count). The summed E-state index contributed by atoms with van der Waals surface area (Å²) in [4.78, 5) is 21.7. The fourth-order valence-electron chi connectivity index (χ4n) is 1.35. The summed E-state index contributed by atoms with van der Waals surface area (Å²) in [5.41, 5.74) is -1.12. The SMILES string of the molecule is COC(=O)C(C)(C)COc1cc(Cl)ccc1[N+](=O)[O-]. The van der Waals surface area contributed by atoms with Crippen LogP contribution in [0, 0.1) is 15.5 Å². The lowest BCUT2D eigenvalue weighted by molar-refractivity contribution is -0.385. The van der Waals surface area contributed by atoms with Gasteiger partial charge in [0.25, 0.3) is 0 Å². The normalized spacial score (nSPS) is 10.9. The van der Waals surface area contributed by atoms with Gasteiger partial charge in [0.2, 0.25) is 0 Å². The van der Waals surface area contributed by atoms with Gasteiger partial charge in [-0.3, -0.25) is 14.9 Å². The quantitative estimate of drug-likeness (QED) is 0.473. The zero-order valence-corrected chi connectivity index (χ0v) is 11.6. The summed E-state index contributed by atoms with van der Waals surface area (Å²) in [5.74, 6) is -0.438. The van der Waals surface area contributed by atoms with Crippen LogP contribution in [0.4, 0.5) is 5.69 Å². The first kappa shape index (κ1) is 15.2. The van der Waals surface area contributed by atoms with Crippen molar-refractivity contribution in [3.8, 4) is 5.75 Å². The second kappa shape index (κ2) is 5.88. The molecule has 0 bridgehead atoms. The van der Waals surface area contributed by atoms with Gasteiger partial charge in [-0.15, -0.1) is 0 Å². The van der Waals surface area contributed by atoms with Gasteiger partial charge in [-0.1, -0.05) is 11.6 Å². The summed E-state index contributed by atoms with van der Waals surface area (Å²) >= 11 is 5.77. The van der Waals surface area contributed by atoms with Gasteiger partial charge in [0.15, 0.2) is 5.75 Å². The maximum Gasteiger partial charge on any atom is 0.314 e. The number of rotatable bonds is 5. The molecular formula is C12H14ClNO5. The minimum atomic E-state index is -0.912. The molecule has 104 valence electrons. The predicted molar refractivity (Wildman–Crippen MR) is 69.4 cm³/mol. The van der Waals surface area contributed by atoms with E-state index in [1.54, 1.807) is 13.8 Å². The fraction of sp³-hybridized carbons (Fsp3) is 0.417. The number of hydrogen-bond donors (Lipinski definition) is 0. The number of carbonyl (C=O) groups is 1. The van der Waals surface area contributed by atoms with E-state index in [9.17, 15) is 14.9 Å². The van der Waals surface area contributed by atoms with Crippen LogP contribution in [0.5, 0.6) is 5.75 Å². The number of methoxy groups -OCH3 is 1. The van der Waals surface area contributed by atoms with E-state index in [-0.39, 0.29) is 18.0 Å². The zero-order chi connectivity index (χ0) is 14.6. The van der Waals surface area contributed by atoms with Crippen LogP contribution in [0.1, 0.15) is 13.8 Å². The number of nitrogens with zero attached hydrogens (tertiary/aromatic N) is 1. The van der Waals surface area contributed by atoms with Gasteiger partial charge in [-0.05, 0) is 19.9 Å². The first-order valence-electron chi connectivity index (χ1n) is 5.43. The molecule has 0 atom stereocenters. The Kier molecular flexibility index (Phi) is 4.72. The Hall–Kier alpha value is -1.82. The van der Waals surface area contributed by atoms with Crippen LogP contribution in [0.15, 0.2) is 18.2 Å². The van der Waals surface area contributed by atoms with Crippen LogP contribution < -0.4 is 4.74 Å². The topological polar surface area (TPSA) is 78.7 Å². The molecule has 0 heterocycles. The van der Waals surface area contributed by atoms with Crippen molar-refractivity contribution in [2.24, 2.45) is 5.41 Å². The number of halogens is 1. The van der Waals surface area contributed by atoms with Crippen molar-refractivity contribution < 1.29 is 19.2 Å². The van der Waals surface area contributed by atoms with E-state index in [4.69, 9.17) is 16.3 Å². The third kappa shape index (κ3) is 3.82. The number of hydrogen-bond acceptors (Lipinski definition) is 5. The Bertz CT molecular complexity index is 501. The van der Waals surface area contributed by atoms with Gasteiger partial charge >= 0.3 is 11.7 Å². The number of nitro benzene ring substituents is 1.